The minimum Gasteiger partial charge on any atom is -0.0616 e. The van der Waals surface area contributed by atoms with Crippen LogP contribution >= 0.6 is 0 Å². The maximum atomic E-state index is 2.42. The van der Waals surface area contributed by atoms with Crippen LogP contribution in [0.25, 0.3) is 87.2 Å². The zero-order valence-electron chi connectivity index (χ0n) is 26.5. The van der Waals surface area contributed by atoms with E-state index in [0.29, 0.717) is 0 Å². The third kappa shape index (κ3) is 3.70. The molecular weight excluding hydrogens is 565 g/mol. The van der Waals surface area contributed by atoms with Crippen LogP contribution in [0.3, 0.4) is 0 Å². The Morgan fingerprint density at radius 3 is 1.60 bits per heavy atom. The van der Waals surface area contributed by atoms with E-state index < -0.39 is 0 Å². The smallest absolute Gasteiger partial charge is 0.0171 e. The molecule has 10 rings (SSSR count). The number of fused-ring (bicyclic) bond motifs is 13. The zero-order valence-corrected chi connectivity index (χ0v) is 26.5. The van der Waals surface area contributed by atoms with Gasteiger partial charge in [-0.25, -0.2) is 0 Å². The summed E-state index contributed by atoms with van der Waals surface area (Å²) in [5, 5.41) is 13.2. The van der Waals surface area contributed by atoms with Crippen molar-refractivity contribution >= 4 is 53.9 Å². The Morgan fingerprint density at radius 1 is 0.319 bits per heavy atom. The van der Waals surface area contributed by atoms with Gasteiger partial charge in [0.15, 0.2) is 0 Å². The molecule has 1 aliphatic carbocycles. The summed E-state index contributed by atoms with van der Waals surface area (Å²) in [7, 11) is 0. The lowest BCUT2D eigenvalue weighted by atomic mass is 9.77. The lowest BCUT2D eigenvalue weighted by molar-refractivity contribution is 0.672. The van der Waals surface area contributed by atoms with Gasteiger partial charge < -0.3 is 0 Å². The topological polar surface area (TPSA) is 0 Å². The summed E-state index contributed by atoms with van der Waals surface area (Å²) >= 11 is 0. The first-order chi connectivity index (χ1) is 23.1. The molecular formula is C47H32. The Hall–Kier alpha value is -5.72. The molecule has 0 heteroatoms. The van der Waals surface area contributed by atoms with Crippen LogP contribution in [-0.2, 0) is 5.41 Å². The number of hydrogen-bond donors (Lipinski definition) is 0. The van der Waals surface area contributed by atoms with Crippen LogP contribution in [0.2, 0.25) is 0 Å². The van der Waals surface area contributed by atoms with Crippen molar-refractivity contribution in [2.75, 3.05) is 0 Å². The van der Waals surface area contributed by atoms with Crippen molar-refractivity contribution in [1.29, 1.82) is 0 Å². The summed E-state index contributed by atoms with van der Waals surface area (Å²) in [5.74, 6) is 0. The average Bonchev–Trinajstić information content (AvgIpc) is 3.38. The molecule has 0 radical (unpaired) electrons. The van der Waals surface area contributed by atoms with Crippen molar-refractivity contribution in [2.45, 2.75) is 19.3 Å². The van der Waals surface area contributed by atoms with Crippen molar-refractivity contribution in [1.82, 2.24) is 0 Å². The number of rotatable bonds is 2. The van der Waals surface area contributed by atoms with Gasteiger partial charge in [-0.3, -0.25) is 0 Å². The maximum Gasteiger partial charge on any atom is 0.0171 e. The van der Waals surface area contributed by atoms with Gasteiger partial charge in [0.1, 0.15) is 0 Å². The van der Waals surface area contributed by atoms with Gasteiger partial charge in [-0.2, -0.15) is 0 Å². The summed E-state index contributed by atoms with van der Waals surface area (Å²) in [6.45, 7) is 4.84. The van der Waals surface area contributed by atoms with E-state index in [1.54, 1.807) is 0 Å². The van der Waals surface area contributed by atoms with Gasteiger partial charge in [-0.15, -0.1) is 0 Å². The van der Waals surface area contributed by atoms with Crippen molar-refractivity contribution in [2.24, 2.45) is 0 Å². The molecule has 0 bridgehead atoms. The Bertz CT molecular complexity index is 2740. The third-order valence-corrected chi connectivity index (χ3v) is 10.8. The van der Waals surface area contributed by atoms with Crippen molar-refractivity contribution < 1.29 is 0 Å². The second-order valence-electron chi connectivity index (χ2n) is 13.7. The Kier molecular flexibility index (Phi) is 5.44. The van der Waals surface area contributed by atoms with E-state index in [1.165, 1.54) is 98.4 Å². The highest BCUT2D eigenvalue weighted by Gasteiger charge is 2.39. The fourth-order valence-electron chi connectivity index (χ4n) is 8.72. The minimum atomic E-state index is -0.125. The largest absolute Gasteiger partial charge is 0.0616 e. The second kappa shape index (κ2) is 9.64. The molecule has 0 amide bonds. The van der Waals surface area contributed by atoms with E-state index in [-0.39, 0.29) is 5.41 Å². The highest BCUT2D eigenvalue weighted by Crippen LogP contribution is 2.56. The van der Waals surface area contributed by atoms with Gasteiger partial charge in [0.05, 0.1) is 0 Å². The fraction of sp³-hybridized carbons (Fsp3) is 0.0638. The quantitative estimate of drug-likeness (QED) is 0.174. The fourth-order valence-corrected chi connectivity index (χ4v) is 8.72. The normalized spacial score (nSPS) is 13.5. The molecule has 0 fully saturated rings. The van der Waals surface area contributed by atoms with Crippen molar-refractivity contribution in [3.63, 3.8) is 0 Å². The zero-order chi connectivity index (χ0) is 31.3. The highest BCUT2D eigenvalue weighted by molar-refractivity contribution is 6.19. The van der Waals surface area contributed by atoms with Crippen LogP contribution in [0, 0.1) is 0 Å². The monoisotopic (exact) mass is 596 g/mol. The van der Waals surface area contributed by atoms with Crippen LogP contribution in [-0.4, -0.2) is 0 Å². The van der Waals surface area contributed by atoms with E-state index in [4.69, 9.17) is 0 Å². The second-order valence-corrected chi connectivity index (χ2v) is 13.7. The van der Waals surface area contributed by atoms with Gasteiger partial charge in [-0.1, -0.05) is 159 Å². The molecule has 0 saturated carbocycles. The molecule has 1 aliphatic rings. The first kappa shape index (κ1) is 26.5. The van der Waals surface area contributed by atoms with Crippen molar-refractivity contribution in [3.05, 3.63) is 169 Å². The molecule has 0 N–H and O–H groups in total. The van der Waals surface area contributed by atoms with Gasteiger partial charge in [0.2, 0.25) is 0 Å². The summed E-state index contributed by atoms with van der Waals surface area (Å²) in [4.78, 5) is 0. The van der Waals surface area contributed by atoms with Gasteiger partial charge in [0.25, 0.3) is 0 Å². The van der Waals surface area contributed by atoms with E-state index >= 15 is 0 Å². The average molecular weight is 597 g/mol. The van der Waals surface area contributed by atoms with E-state index in [9.17, 15) is 0 Å². The van der Waals surface area contributed by atoms with Crippen molar-refractivity contribution in [3.8, 4) is 33.4 Å². The van der Waals surface area contributed by atoms with Gasteiger partial charge >= 0.3 is 0 Å². The Morgan fingerprint density at radius 2 is 0.851 bits per heavy atom. The molecule has 0 atom stereocenters. The minimum absolute atomic E-state index is 0.125. The molecule has 9 aromatic carbocycles. The standard InChI is InChI=1S/C47H32/c1-47(2)45-35-25-23-31(29-19-21-30(22-20-29)43-28-32-11-3-4-12-34(32)36-13-5-6-16-39(36)43)27-33(35)24-26-42(45)44-40-17-9-7-14-37(40)38-15-8-10-18-41(38)46(44)47/h3-28H,1-2H3. The van der Waals surface area contributed by atoms with E-state index in [1.807, 2.05) is 0 Å². The molecule has 0 saturated heterocycles. The summed E-state index contributed by atoms with van der Waals surface area (Å²) < 4.78 is 0. The molecule has 0 unspecified atom stereocenters. The van der Waals surface area contributed by atoms with E-state index in [2.05, 4.69) is 172 Å². The lowest BCUT2D eigenvalue weighted by Gasteiger charge is -2.25. The van der Waals surface area contributed by atoms with Crippen LogP contribution in [0.5, 0.6) is 0 Å². The van der Waals surface area contributed by atoms with Crippen LogP contribution in [0.4, 0.5) is 0 Å². The molecule has 47 heavy (non-hydrogen) atoms. The van der Waals surface area contributed by atoms with Gasteiger partial charge in [-0.05, 0) is 111 Å². The maximum absolute atomic E-state index is 2.42. The predicted octanol–water partition coefficient (Wildman–Crippen LogP) is 13.1. The first-order valence-electron chi connectivity index (χ1n) is 16.6. The molecule has 220 valence electrons. The molecule has 0 nitrogen and oxygen atoms in total. The highest BCUT2D eigenvalue weighted by atomic mass is 14.4. The van der Waals surface area contributed by atoms with Gasteiger partial charge in [0, 0.05) is 5.41 Å². The molecule has 0 spiro atoms. The molecule has 0 heterocycles. The predicted molar refractivity (Wildman–Crippen MR) is 202 cm³/mol. The van der Waals surface area contributed by atoms with E-state index in [0.717, 1.165) is 0 Å². The summed E-state index contributed by atoms with van der Waals surface area (Å²) in [6.07, 6.45) is 0. The lowest BCUT2D eigenvalue weighted by Crippen LogP contribution is -2.16. The Labute approximate surface area is 274 Å². The molecule has 0 aromatic heterocycles. The molecule has 9 aromatic rings. The van der Waals surface area contributed by atoms with Crippen LogP contribution < -0.4 is 0 Å². The number of hydrogen-bond acceptors (Lipinski definition) is 0. The summed E-state index contributed by atoms with van der Waals surface area (Å²) in [6, 6.07) is 58.6. The Balaban J connectivity index is 1.10. The third-order valence-electron chi connectivity index (χ3n) is 10.8. The van der Waals surface area contributed by atoms with Crippen LogP contribution in [0.15, 0.2) is 158 Å². The SMILES string of the molecule is CC1(C)c2c(ccc3cc(-c4ccc(-c5cc6ccccc6c6ccccc56)cc4)ccc23)-c2c1c1ccccc1c1ccccc21. The first-order valence-corrected chi connectivity index (χ1v) is 16.6. The summed E-state index contributed by atoms with van der Waals surface area (Å²) in [5.41, 5.74) is 10.6. The molecule has 0 aliphatic heterocycles. The van der Waals surface area contributed by atoms with Crippen LogP contribution in [0.1, 0.15) is 25.0 Å². The number of benzene rings is 9.